The summed E-state index contributed by atoms with van der Waals surface area (Å²) < 4.78 is 16.0. The predicted octanol–water partition coefficient (Wildman–Crippen LogP) is 5.08. The first-order chi connectivity index (χ1) is 13.9. The second-order valence-electron chi connectivity index (χ2n) is 8.19. The molecular formula is C24H37NO4. The molecule has 1 N–H and O–H groups in total. The average Bonchev–Trinajstić information content (AvgIpc) is 2.71. The lowest BCUT2D eigenvalue weighted by atomic mass is 9.59. The number of allylic oxidation sites excluding steroid dienone is 1. The van der Waals surface area contributed by atoms with E-state index in [2.05, 4.69) is 32.7 Å². The molecule has 0 radical (unpaired) electrons. The van der Waals surface area contributed by atoms with Crippen molar-refractivity contribution in [2.45, 2.75) is 46.5 Å². The summed E-state index contributed by atoms with van der Waals surface area (Å²) in [7, 11) is 1.65. The van der Waals surface area contributed by atoms with E-state index in [9.17, 15) is 4.79 Å². The van der Waals surface area contributed by atoms with E-state index in [1.807, 2.05) is 24.3 Å². The standard InChI is InChI=1S/C24H37NO4/c1-6-24(18(2)3)12-11-19(4)17-22(24)23(26)25-20-7-9-21(10-8-20)29-16-15-28-14-13-27-5/h7-10,19,22H,2,6,11-17H2,1,3-5H3,(H,25,26)/t19-,22+,24-/m1/s1. The normalized spacial score (nSPS) is 24.1. The number of amides is 1. The number of methoxy groups -OCH3 is 1. The van der Waals surface area contributed by atoms with E-state index in [-0.39, 0.29) is 17.2 Å². The number of benzene rings is 1. The summed E-state index contributed by atoms with van der Waals surface area (Å²) in [4.78, 5) is 13.2. The molecule has 1 aromatic rings. The Kier molecular flexibility index (Phi) is 9.18. The number of rotatable bonds is 11. The molecule has 0 saturated heterocycles. The second kappa shape index (κ2) is 11.4. The first-order valence-electron chi connectivity index (χ1n) is 10.7. The van der Waals surface area contributed by atoms with Gasteiger partial charge in [-0.1, -0.05) is 26.0 Å². The molecule has 0 spiro atoms. The Morgan fingerprint density at radius 3 is 2.52 bits per heavy atom. The molecule has 29 heavy (non-hydrogen) atoms. The average molecular weight is 404 g/mol. The number of nitrogens with one attached hydrogen (secondary N) is 1. The molecule has 162 valence electrons. The highest BCUT2D eigenvalue weighted by Crippen LogP contribution is 2.50. The Balaban J connectivity index is 1.92. The van der Waals surface area contributed by atoms with Crippen LogP contribution in [-0.2, 0) is 14.3 Å². The molecule has 3 atom stereocenters. The highest BCUT2D eigenvalue weighted by molar-refractivity contribution is 5.93. The van der Waals surface area contributed by atoms with Crippen molar-refractivity contribution in [3.05, 3.63) is 36.4 Å². The first kappa shape index (κ1) is 23.4. The Bertz CT molecular complexity index is 657. The van der Waals surface area contributed by atoms with Crippen molar-refractivity contribution >= 4 is 11.6 Å². The summed E-state index contributed by atoms with van der Waals surface area (Å²) in [5, 5.41) is 3.12. The van der Waals surface area contributed by atoms with E-state index in [4.69, 9.17) is 14.2 Å². The van der Waals surface area contributed by atoms with Crippen LogP contribution in [-0.4, -0.2) is 39.4 Å². The Morgan fingerprint density at radius 2 is 1.90 bits per heavy atom. The number of hydrogen-bond donors (Lipinski definition) is 1. The van der Waals surface area contributed by atoms with Gasteiger partial charge >= 0.3 is 0 Å². The highest BCUT2D eigenvalue weighted by Gasteiger charge is 2.45. The largest absolute Gasteiger partial charge is 0.491 e. The number of ether oxygens (including phenoxy) is 3. The van der Waals surface area contributed by atoms with Crippen LogP contribution in [0.5, 0.6) is 5.75 Å². The van der Waals surface area contributed by atoms with Crippen molar-refractivity contribution in [1.82, 2.24) is 0 Å². The lowest BCUT2D eigenvalue weighted by Crippen LogP contribution is -2.43. The molecule has 1 aromatic carbocycles. The quantitative estimate of drug-likeness (QED) is 0.414. The van der Waals surface area contributed by atoms with Gasteiger partial charge in [0.05, 0.1) is 19.8 Å². The van der Waals surface area contributed by atoms with Crippen LogP contribution in [0.3, 0.4) is 0 Å². The van der Waals surface area contributed by atoms with E-state index in [0.717, 1.165) is 42.7 Å². The minimum absolute atomic E-state index is 0.0334. The minimum Gasteiger partial charge on any atom is -0.491 e. The third kappa shape index (κ3) is 6.31. The molecule has 1 aliphatic rings. The summed E-state index contributed by atoms with van der Waals surface area (Å²) in [6.45, 7) is 12.9. The minimum atomic E-state index is -0.0948. The molecule has 0 heterocycles. The number of carbonyl (C=O) groups excluding carboxylic acids is 1. The molecule has 0 aliphatic heterocycles. The SMILES string of the molecule is C=C(C)[C@@]1(CC)CC[C@@H](C)C[C@H]1C(=O)Nc1ccc(OCCOCCOC)cc1. The van der Waals surface area contributed by atoms with Crippen molar-refractivity contribution in [2.75, 3.05) is 38.9 Å². The Labute approximate surface area is 175 Å². The van der Waals surface area contributed by atoms with Crippen LogP contribution in [0.25, 0.3) is 0 Å². The van der Waals surface area contributed by atoms with Gasteiger partial charge in [-0.2, -0.15) is 0 Å². The van der Waals surface area contributed by atoms with Crippen LogP contribution in [0.1, 0.15) is 46.5 Å². The summed E-state index contributed by atoms with van der Waals surface area (Å²) >= 11 is 0. The summed E-state index contributed by atoms with van der Waals surface area (Å²) in [6.07, 6.45) is 4.06. The molecule has 0 bridgehead atoms. The number of anilines is 1. The Hall–Kier alpha value is -1.85. The molecule has 1 aliphatic carbocycles. The van der Waals surface area contributed by atoms with E-state index < -0.39 is 0 Å². The monoisotopic (exact) mass is 403 g/mol. The van der Waals surface area contributed by atoms with Crippen LogP contribution in [0.4, 0.5) is 5.69 Å². The molecule has 5 heteroatoms. The van der Waals surface area contributed by atoms with Crippen LogP contribution in [0, 0.1) is 17.3 Å². The topological polar surface area (TPSA) is 56.8 Å². The van der Waals surface area contributed by atoms with Gasteiger partial charge in [-0.05, 0) is 62.8 Å². The Morgan fingerprint density at radius 1 is 1.21 bits per heavy atom. The molecule has 1 amide bonds. The van der Waals surface area contributed by atoms with Gasteiger partial charge in [-0.25, -0.2) is 0 Å². The summed E-state index contributed by atoms with van der Waals surface area (Å²) in [5.74, 6) is 1.39. The number of carbonyl (C=O) groups is 1. The lowest BCUT2D eigenvalue weighted by Gasteiger charge is -2.45. The zero-order valence-electron chi connectivity index (χ0n) is 18.5. The molecule has 1 saturated carbocycles. The lowest BCUT2D eigenvalue weighted by molar-refractivity contribution is -0.125. The zero-order valence-corrected chi connectivity index (χ0v) is 18.5. The fraction of sp³-hybridized carbons (Fsp3) is 0.625. The summed E-state index contributed by atoms with van der Waals surface area (Å²) in [6, 6.07) is 7.53. The van der Waals surface area contributed by atoms with Gasteiger partial charge in [0.2, 0.25) is 5.91 Å². The first-order valence-corrected chi connectivity index (χ1v) is 10.7. The molecule has 2 rings (SSSR count). The fourth-order valence-corrected chi connectivity index (χ4v) is 4.34. The van der Waals surface area contributed by atoms with Crippen molar-refractivity contribution in [3.63, 3.8) is 0 Å². The molecule has 0 aromatic heterocycles. The van der Waals surface area contributed by atoms with Crippen LogP contribution in [0.2, 0.25) is 0 Å². The van der Waals surface area contributed by atoms with E-state index in [1.54, 1.807) is 7.11 Å². The summed E-state index contributed by atoms with van der Waals surface area (Å²) in [5.41, 5.74) is 1.83. The predicted molar refractivity (Wildman–Crippen MR) is 117 cm³/mol. The highest BCUT2D eigenvalue weighted by atomic mass is 16.5. The van der Waals surface area contributed by atoms with Crippen LogP contribution in [0.15, 0.2) is 36.4 Å². The van der Waals surface area contributed by atoms with Gasteiger partial charge in [-0.3, -0.25) is 4.79 Å². The van der Waals surface area contributed by atoms with Crippen molar-refractivity contribution < 1.29 is 19.0 Å². The zero-order chi connectivity index (χ0) is 21.3. The third-order valence-electron chi connectivity index (χ3n) is 6.24. The van der Waals surface area contributed by atoms with Gasteiger partial charge in [0.25, 0.3) is 0 Å². The fourth-order valence-electron chi connectivity index (χ4n) is 4.34. The van der Waals surface area contributed by atoms with E-state index in [0.29, 0.717) is 32.3 Å². The smallest absolute Gasteiger partial charge is 0.228 e. The van der Waals surface area contributed by atoms with Gasteiger partial charge in [0.1, 0.15) is 12.4 Å². The van der Waals surface area contributed by atoms with Crippen molar-refractivity contribution in [2.24, 2.45) is 17.3 Å². The molecule has 1 fully saturated rings. The van der Waals surface area contributed by atoms with Gasteiger partial charge in [-0.15, -0.1) is 0 Å². The second-order valence-corrected chi connectivity index (χ2v) is 8.19. The van der Waals surface area contributed by atoms with E-state index in [1.165, 1.54) is 0 Å². The maximum absolute atomic E-state index is 13.2. The molecule has 5 nitrogen and oxygen atoms in total. The maximum Gasteiger partial charge on any atom is 0.228 e. The van der Waals surface area contributed by atoms with Crippen molar-refractivity contribution in [3.8, 4) is 5.75 Å². The number of hydrogen-bond acceptors (Lipinski definition) is 4. The van der Waals surface area contributed by atoms with E-state index >= 15 is 0 Å². The van der Waals surface area contributed by atoms with Crippen LogP contribution < -0.4 is 10.1 Å². The molecular weight excluding hydrogens is 366 g/mol. The van der Waals surface area contributed by atoms with Gasteiger partial charge in [0.15, 0.2) is 0 Å². The third-order valence-corrected chi connectivity index (χ3v) is 6.24. The maximum atomic E-state index is 13.2. The van der Waals surface area contributed by atoms with Crippen molar-refractivity contribution in [1.29, 1.82) is 0 Å². The van der Waals surface area contributed by atoms with Gasteiger partial charge in [0, 0.05) is 24.1 Å². The molecule has 0 unspecified atom stereocenters. The van der Waals surface area contributed by atoms with Crippen LogP contribution >= 0.6 is 0 Å². The van der Waals surface area contributed by atoms with Gasteiger partial charge < -0.3 is 19.5 Å².